The molecule has 0 aliphatic carbocycles. The van der Waals surface area contributed by atoms with E-state index in [0.29, 0.717) is 19.3 Å². The predicted molar refractivity (Wildman–Crippen MR) is 260 cm³/mol. The molecule has 0 radical (unpaired) electrons. The van der Waals surface area contributed by atoms with E-state index in [0.717, 1.165) is 51.4 Å². The number of carbonyl (C=O) groups is 2. The highest BCUT2D eigenvalue weighted by molar-refractivity contribution is 5.77. The van der Waals surface area contributed by atoms with E-state index in [2.05, 4.69) is 50.4 Å². The van der Waals surface area contributed by atoms with E-state index < -0.39 is 18.2 Å². The smallest absolute Gasteiger partial charge is 0.306 e. The van der Waals surface area contributed by atoms with Gasteiger partial charge in [-0.15, -0.1) is 0 Å². The molecule has 0 fully saturated rings. The highest BCUT2D eigenvalue weighted by atomic mass is 16.5. The van der Waals surface area contributed by atoms with Crippen molar-refractivity contribution in [2.24, 2.45) is 0 Å². The lowest BCUT2D eigenvalue weighted by Gasteiger charge is -2.24. The van der Waals surface area contributed by atoms with Crippen LogP contribution in [0.5, 0.6) is 0 Å². The normalized spacial score (nSPS) is 13.3. The highest BCUT2D eigenvalue weighted by Gasteiger charge is 2.24. The van der Waals surface area contributed by atoms with Crippen molar-refractivity contribution in [3.63, 3.8) is 0 Å². The molecular formula is C54H103NO5. The minimum absolute atomic E-state index is 0.0756. The fraction of sp³-hybridized carbons (Fsp3) is 0.889. The van der Waals surface area contributed by atoms with Crippen LogP contribution >= 0.6 is 0 Å². The van der Waals surface area contributed by atoms with Crippen molar-refractivity contribution in [2.75, 3.05) is 6.61 Å². The van der Waals surface area contributed by atoms with Crippen LogP contribution in [0.2, 0.25) is 0 Å². The van der Waals surface area contributed by atoms with Crippen LogP contribution in [0.15, 0.2) is 24.3 Å². The van der Waals surface area contributed by atoms with Crippen LogP contribution in [0, 0.1) is 0 Å². The molecule has 60 heavy (non-hydrogen) atoms. The van der Waals surface area contributed by atoms with Gasteiger partial charge in [-0.1, -0.05) is 244 Å². The first-order valence-electron chi connectivity index (χ1n) is 26.6. The van der Waals surface area contributed by atoms with E-state index in [1.54, 1.807) is 0 Å². The Labute approximate surface area is 373 Å². The van der Waals surface area contributed by atoms with Crippen molar-refractivity contribution in [3.8, 4) is 0 Å². The number of hydrogen-bond donors (Lipinski definition) is 3. The van der Waals surface area contributed by atoms with Gasteiger partial charge in [0.1, 0.15) is 6.10 Å². The van der Waals surface area contributed by atoms with Crippen LogP contribution in [0.1, 0.15) is 284 Å². The Balaban J connectivity index is 4.39. The Kier molecular flexibility index (Phi) is 47.0. The molecule has 0 aromatic heterocycles. The van der Waals surface area contributed by atoms with Gasteiger partial charge in [0.2, 0.25) is 5.91 Å². The average molecular weight is 846 g/mol. The lowest BCUT2D eigenvalue weighted by atomic mass is 10.0. The Bertz CT molecular complexity index is 950. The molecule has 0 aromatic rings. The van der Waals surface area contributed by atoms with E-state index in [9.17, 15) is 19.8 Å². The van der Waals surface area contributed by atoms with Gasteiger partial charge in [0.15, 0.2) is 0 Å². The van der Waals surface area contributed by atoms with Gasteiger partial charge in [-0.2, -0.15) is 0 Å². The molecule has 6 heteroatoms. The van der Waals surface area contributed by atoms with Crippen LogP contribution < -0.4 is 5.32 Å². The van der Waals surface area contributed by atoms with Crippen molar-refractivity contribution in [1.82, 2.24) is 5.32 Å². The van der Waals surface area contributed by atoms with Gasteiger partial charge in [-0.25, -0.2) is 0 Å². The molecule has 0 saturated carbocycles. The number of aliphatic hydroxyl groups excluding tert-OH is 2. The van der Waals surface area contributed by atoms with Crippen LogP contribution in [0.25, 0.3) is 0 Å². The quantitative estimate of drug-likeness (QED) is 0.0322. The molecule has 3 N–H and O–H groups in total. The summed E-state index contributed by atoms with van der Waals surface area (Å²) in [4.78, 5) is 26.1. The van der Waals surface area contributed by atoms with E-state index in [-0.39, 0.29) is 24.9 Å². The molecule has 0 saturated heterocycles. The molecule has 0 heterocycles. The van der Waals surface area contributed by atoms with Crippen LogP contribution in [-0.4, -0.2) is 46.9 Å². The summed E-state index contributed by atoms with van der Waals surface area (Å²) >= 11 is 0. The Hall–Kier alpha value is -1.66. The number of amides is 1. The topological polar surface area (TPSA) is 95.9 Å². The third-order valence-corrected chi connectivity index (χ3v) is 12.3. The first-order chi connectivity index (χ1) is 29.5. The minimum Gasteiger partial charge on any atom is -0.462 e. The zero-order chi connectivity index (χ0) is 43.8. The maximum atomic E-state index is 13.2. The maximum absolute atomic E-state index is 13.2. The fourth-order valence-electron chi connectivity index (χ4n) is 8.25. The van der Waals surface area contributed by atoms with Crippen molar-refractivity contribution >= 4 is 11.9 Å². The number of hydrogen-bond acceptors (Lipinski definition) is 5. The standard InChI is InChI=1S/C54H103NO5/c1-4-7-10-13-16-19-21-23-25-26-27-29-31-33-35-38-41-44-47-54(59)60-50(45-42-39-36-18-15-12-9-6-3)48-53(58)55-51(49-56)52(57)46-43-40-37-34-32-30-28-24-22-20-17-14-11-8-5-2/h25-27,29,50-52,56-57H,4-24,28,30-49H2,1-3H3,(H,55,58)/b26-25+,29-27+. The summed E-state index contributed by atoms with van der Waals surface area (Å²) in [5, 5.41) is 23.7. The maximum Gasteiger partial charge on any atom is 0.306 e. The highest BCUT2D eigenvalue weighted by Crippen LogP contribution is 2.18. The molecule has 0 bridgehead atoms. The van der Waals surface area contributed by atoms with Crippen molar-refractivity contribution in [3.05, 3.63) is 24.3 Å². The molecular weight excluding hydrogens is 743 g/mol. The number of nitrogens with one attached hydrogen (secondary N) is 1. The van der Waals surface area contributed by atoms with Crippen molar-refractivity contribution in [2.45, 2.75) is 302 Å². The first-order valence-corrected chi connectivity index (χ1v) is 26.6. The monoisotopic (exact) mass is 846 g/mol. The van der Waals surface area contributed by atoms with E-state index in [4.69, 9.17) is 4.74 Å². The first kappa shape index (κ1) is 58.3. The van der Waals surface area contributed by atoms with Crippen molar-refractivity contribution in [1.29, 1.82) is 0 Å². The molecule has 354 valence electrons. The van der Waals surface area contributed by atoms with E-state index in [1.165, 1.54) is 186 Å². The molecule has 0 aliphatic heterocycles. The molecule has 0 aliphatic rings. The third-order valence-electron chi connectivity index (χ3n) is 12.3. The van der Waals surface area contributed by atoms with Crippen LogP contribution in [0.4, 0.5) is 0 Å². The van der Waals surface area contributed by atoms with E-state index in [1.807, 2.05) is 0 Å². The molecule has 3 atom stereocenters. The summed E-state index contributed by atoms with van der Waals surface area (Å²) in [5.74, 6) is -0.481. The van der Waals surface area contributed by atoms with Gasteiger partial charge in [0, 0.05) is 6.42 Å². The lowest BCUT2D eigenvalue weighted by molar-refractivity contribution is -0.151. The number of unbranched alkanes of at least 4 members (excludes halogenated alkanes) is 33. The third kappa shape index (κ3) is 43.0. The summed E-state index contributed by atoms with van der Waals surface area (Å²) in [6, 6.07) is -0.699. The molecule has 1 amide bonds. The van der Waals surface area contributed by atoms with Gasteiger partial charge in [0.05, 0.1) is 25.2 Å². The number of esters is 1. The average Bonchev–Trinajstić information content (AvgIpc) is 3.24. The zero-order valence-corrected chi connectivity index (χ0v) is 40.4. The molecule has 0 spiro atoms. The Morgan fingerprint density at radius 1 is 0.483 bits per heavy atom. The second-order valence-electron chi connectivity index (χ2n) is 18.3. The van der Waals surface area contributed by atoms with Crippen molar-refractivity contribution < 1.29 is 24.5 Å². The molecule has 0 rings (SSSR count). The van der Waals surface area contributed by atoms with Gasteiger partial charge in [-0.05, 0) is 51.4 Å². The number of rotatable bonds is 48. The van der Waals surface area contributed by atoms with Gasteiger partial charge >= 0.3 is 5.97 Å². The predicted octanol–water partition coefficient (Wildman–Crippen LogP) is 15.9. The number of allylic oxidation sites excluding steroid dienone is 4. The van der Waals surface area contributed by atoms with Crippen LogP contribution in [-0.2, 0) is 14.3 Å². The fourth-order valence-corrected chi connectivity index (χ4v) is 8.25. The number of carbonyl (C=O) groups excluding carboxylic acids is 2. The van der Waals surface area contributed by atoms with E-state index >= 15 is 0 Å². The largest absolute Gasteiger partial charge is 0.462 e. The van der Waals surface area contributed by atoms with Gasteiger partial charge in [0.25, 0.3) is 0 Å². The molecule has 3 unspecified atom stereocenters. The van der Waals surface area contributed by atoms with Gasteiger partial charge < -0.3 is 20.3 Å². The summed E-state index contributed by atoms with van der Waals surface area (Å²) in [6.45, 7) is 6.47. The summed E-state index contributed by atoms with van der Waals surface area (Å²) in [6.07, 6.45) is 55.3. The summed E-state index contributed by atoms with van der Waals surface area (Å²) in [5.41, 5.74) is 0. The minimum atomic E-state index is -0.785. The molecule has 0 aromatic carbocycles. The second kappa shape index (κ2) is 48.4. The van der Waals surface area contributed by atoms with Gasteiger partial charge in [-0.3, -0.25) is 9.59 Å². The summed E-state index contributed by atoms with van der Waals surface area (Å²) < 4.78 is 5.91. The number of ether oxygens (including phenoxy) is 1. The SMILES string of the molecule is CCCCCCCCC/C=C/C=C/CCCCCCCC(=O)OC(CCCCCCCCCC)CC(=O)NC(CO)C(O)CCCCCCCCCCCCCCCCC. The summed E-state index contributed by atoms with van der Waals surface area (Å²) in [7, 11) is 0. The number of aliphatic hydroxyl groups is 2. The van der Waals surface area contributed by atoms with Crippen LogP contribution in [0.3, 0.4) is 0 Å². The Morgan fingerprint density at radius 2 is 0.833 bits per heavy atom. The lowest BCUT2D eigenvalue weighted by Crippen LogP contribution is -2.46. The second-order valence-corrected chi connectivity index (χ2v) is 18.3. The zero-order valence-electron chi connectivity index (χ0n) is 40.4. The Morgan fingerprint density at radius 3 is 1.23 bits per heavy atom. The molecule has 6 nitrogen and oxygen atoms in total.